The molecular weight excluding hydrogens is 238 g/mol. The molecule has 0 bridgehead atoms. The minimum absolute atomic E-state index is 0.222. The summed E-state index contributed by atoms with van der Waals surface area (Å²) in [6.07, 6.45) is 2.66. The monoisotopic (exact) mass is 249 g/mol. The number of hydrogen-bond acceptors (Lipinski definition) is 5. The van der Waals surface area contributed by atoms with Crippen LogP contribution < -0.4 is 4.89 Å². The number of aliphatic carboxylic acids is 1. The first kappa shape index (κ1) is 12.6. The summed E-state index contributed by atoms with van der Waals surface area (Å²) in [6, 6.07) is 0. The van der Waals surface area contributed by atoms with Crippen LogP contribution in [0.4, 0.5) is 0 Å². The van der Waals surface area contributed by atoms with Crippen molar-refractivity contribution in [2.24, 2.45) is 0 Å². The van der Waals surface area contributed by atoms with Crippen LogP contribution in [-0.4, -0.2) is 35.7 Å². The maximum Gasteiger partial charge on any atom is 0.331 e. The van der Waals surface area contributed by atoms with Crippen LogP contribution in [0.15, 0.2) is 17.6 Å². The van der Waals surface area contributed by atoms with Gasteiger partial charge < -0.3 is 9.67 Å². The van der Waals surface area contributed by atoms with Crippen molar-refractivity contribution in [3.05, 3.63) is 12.5 Å². The highest BCUT2D eigenvalue weighted by molar-refractivity contribution is 7.89. The Balaban J connectivity index is 2.66. The van der Waals surface area contributed by atoms with E-state index in [0.717, 1.165) is 0 Å². The van der Waals surface area contributed by atoms with E-state index in [0.29, 0.717) is 6.54 Å². The number of aryl methyl sites for hydroxylation is 1. The first-order chi connectivity index (χ1) is 7.45. The van der Waals surface area contributed by atoms with Gasteiger partial charge in [0, 0.05) is 12.7 Å². The molecule has 8 nitrogen and oxygen atoms in total. The largest absolute Gasteiger partial charge is 0.479 e. The van der Waals surface area contributed by atoms with Gasteiger partial charge in [0.2, 0.25) is 0 Å². The van der Waals surface area contributed by atoms with E-state index in [1.54, 1.807) is 9.45 Å². The van der Waals surface area contributed by atoms with E-state index in [1.165, 1.54) is 12.5 Å². The molecule has 1 aromatic heterocycles. The third kappa shape index (κ3) is 3.29. The van der Waals surface area contributed by atoms with Crippen molar-refractivity contribution in [2.75, 3.05) is 6.61 Å². The molecule has 0 unspecified atom stereocenters. The predicted octanol–water partition coefficient (Wildman–Crippen LogP) is -0.802. The fraction of sp³-hybridized carbons (Fsp3) is 0.429. The molecule has 0 amide bonds. The van der Waals surface area contributed by atoms with E-state index < -0.39 is 22.6 Å². The standard InChI is InChI=1S/C7H11N3O5S/c1-2-10-3-6(8-5-10)16(13,14)9-15-4-7(11)12/h3,5,9H,2,4H2,1H3,(H,11,12). The summed E-state index contributed by atoms with van der Waals surface area (Å²) in [5.74, 6) is -1.28. The zero-order valence-electron chi connectivity index (χ0n) is 8.45. The molecule has 0 saturated heterocycles. The van der Waals surface area contributed by atoms with Crippen molar-refractivity contribution in [1.82, 2.24) is 14.4 Å². The van der Waals surface area contributed by atoms with Crippen LogP contribution in [0, 0.1) is 0 Å². The Hall–Kier alpha value is -1.45. The molecule has 1 heterocycles. The molecule has 0 aliphatic heterocycles. The summed E-state index contributed by atoms with van der Waals surface area (Å²) >= 11 is 0. The Morgan fingerprint density at radius 1 is 1.69 bits per heavy atom. The number of carboxylic acid groups (broad SMARTS) is 1. The molecule has 0 aliphatic rings. The molecule has 0 radical (unpaired) electrons. The summed E-state index contributed by atoms with van der Waals surface area (Å²) in [6.45, 7) is 1.65. The highest BCUT2D eigenvalue weighted by Crippen LogP contribution is 2.04. The van der Waals surface area contributed by atoms with Crippen LogP contribution in [0.2, 0.25) is 0 Å². The molecule has 0 aromatic carbocycles. The summed E-state index contributed by atoms with van der Waals surface area (Å²) in [5.41, 5.74) is 0. The van der Waals surface area contributed by atoms with Gasteiger partial charge in [0.25, 0.3) is 10.0 Å². The molecule has 2 N–H and O–H groups in total. The maximum atomic E-state index is 11.4. The third-order valence-corrected chi connectivity index (χ3v) is 2.71. The number of nitrogens with zero attached hydrogens (tertiary/aromatic N) is 2. The number of sulfonamides is 1. The van der Waals surface area contributed by atoms with Gasteiger partial charge in [0.05, 0.1) is 6.33 Å². The lowest BCUT2D eigenvalue weighted by atomic mass is 10.7. The van der Waals surface area contributed by atoms with E-state index in [-0.39, 0.29) is 5.03 Å². The number of aromatic nitrogens is 2. The third-order valence-electron chi connectivity index (χ3n) is 1.61. The SMILES string of the molecule is CCn1cnc(S(=O)(=O)NOCC(=O)O)c1. The Morgan fingerprint density at radius 2 is 2.38 bits per heavy atom. The van der Waals surface area contributed by atoms with Gasteiger partial charge in [-0.05, 0) is 6.92 Å². The second-order valence-electron chi connectivity index (χ2n) is 2.81. The summed E-state index contributed by atoms with van der Waals surface area (Å²) in [5, 5.41) is 8.02. The van der Waals surface area contributed by atoms with Gasteiger partial charge >= 0.3 is 5.97 Å². The predicted molar refractivity (Wildman–Crippen MR) is 51.8 cm³/mol. The summed E-state index contributed by atoms with van der Waals surface area (Å²) in [7, 11) is -3.91. The number of carboxylic acids is 1. The van der Waals surface area contributed by atoms with E-state index >= 15 is 0 Å². The zero-order valence-corrected chi connectivity index (χ0v) is 9.27. The number of nitrogens with one attached hydrogen (secondary N) is 1. The fourth-order valence-corrected chi connectivity index (χ4v) is 1.62. The van der Waals surface area contributed by atoms with Gasteiger partial charge in [-0.2, -0.15) is 0 Å². The van der Waals surface area contributed by atoms with Gasteiger partial charge in [-0.25, -0.2) is 18.2 Å². The molecule has 0 atom stereocenters. The molecule has 0 aliphatic carbocycles. The Bertz CT molecular complexity index is 466. The summed E-state index contributed by atoms with van der Waals surface area (Å²) in [4.78, 5) is 19.7. The van der Waals surface area contributed by atoms with Gasteiger partial charge in [-0.3, -0.25) is 4.84 Å². The first-order valence-corrected chi connectivity index (χ1v) is 5.81. The quantitative estimate of drug-likeness (QED) is 0.638. The molecule has 16 heavy (non-hydrogen) atoms. The van der Waals surface area contributed by atoms with Crippen molar-refractivity contribution in [2.45, 2.75) is 18.5 Å². The summed E-state index contributed by atoms with van der Waals surface area (Å²) < 4.78 is 24.4. The highest BCUT2D eigenvalue weighted by Gasteiger charge is 2.17. The van der Waals surface area contributed by atoms with Crippen molar-refractivity contribution < 1.29 is 23.2 Å². The zero-order chi connectivity index (χ0) is 12.2. The van der Waals surface area contributed by atoms with Crippen LogP contribution >= 0.6 is 0 Å². The van der Waals surface area contributed by atoms with Crippen LogP contribution in [0.25, 0.3) is 0 Å². The molecule has 0 spiro atoms. The molecule has 90 valence electrons. The first-order valence-electron chi connectivity index (χ1n) is 4.33. The van der Waals surface area contributed by atoms with Crippen LogP contribution in [0.5, 0.6) is 0 Å². The van der Waals surface area contributed by atoms with Crippen molar-refractivity contribution in [3.8, 4) is 0 Å². The molecule has 0 fully saturated rings. The van der Waals surface area contributed by atoms with E-state index in [1.807, 2.05) is 6.92 Å². The molecular formula is C7H11N3O5S. The normalized spacial score (nSPS) is 11.6. The fourth-order valence-electron chi connectivity index (χ4n) is 0.863. The van der Waals surface area contributed by atoms with Crippen LogP contribution in [0.3, 0.4) is 0 Å². The maximum absolute atomic E-state index is 11.4. The molecule has 0 saturated carbocycles. The Labute approximate surface area is 91.9 Å². The van der Waals surface area contributed by atoms with Crippen molar-refractivity contribution in [3.63, 3.8) is 0 Å². The van der Waals surface area contributed by atoms with Crippen molar-refractivity contribution >= 4 is 16.0 Å². The lowest BCUT2D eigenvalue weighted by Gasteiger charge is -2.02. The van der Waals surface area contributed by atoms with Gasteiger partial charge in [-0.15, -0.1) is 0 Å². The smallest absolute Gasteiger partial charge is 0.331 e. The van der Waals surface area contributed by atoms with E-state index in [4.69, 9.17) is 5.11 Å². The van der Waals surface area contributed by atoms with Crippen LogP contribution in [0.1, 0.15) is 6.92 Å². The van der Waals surface area contributed by atoms with Crippen LogP contribution in [-0.2, 0) is 26.2 Å². The second kappa shape index (κ2) is 5.05. The molecule has 1 aromatic rings. The Kier molecular flexibility index (Phi) is 3.99. The number of hydrogen-bond donors (Lipinski definition) is 2. The average molecular weight is 249 g/mol. The van der Waals surface area contributed by atoms with Gasteiger partial charge in [0.1, 0.15) is 0 Å². The minimum Gasteiger partial charge on any atom is -0.479 e. The van der Waals surface area contributed by atoms with E-state index in [9.17, 15) is 13.2 Å². The lowest BCUT2D eigenvalue weighted by molar-refractivity contribution is -0.143. The average Bonchev–Trinajstić information content (AvgIpc) is 2.65. The van der Waals surface area contributed by atoms with Gasteiger partial charge in [0.15, 0.2) is 11.6 Å². The van der Waals surface area contributed by atoms with Crippen molar-refractivity contribution in [1.29, 1.82) is 0 Å². The highest BCUT2D eigenvalue weighted by atomic mass is 32.2. The van der Waals surface area contributed by atoms with E-state index in [2.05, 4.69) is 9.82 Å². The number of carbonyl (C=O) groups is 1. The second-order valence-corrected chi connectivity index (χ2v) is 4.40. The number of imidazole rings is 1. The topological polar surface area (TPSA) is 111 Å². The van der Waals surface area contributed by atoms with Gasteiger partial charge in [-0.1, -0.05) is 4.89 Å². The lowest BCUT2D eigenvalue weighted by Crippen LogP contribution is -2.27. The minimum atomic E-state index is -3.91. The Morgan fingerprint density at radius 3 is 2.88 bits per heavy atom. The molecule has 9 heteroatoms. The molecule has 1 rings (SSSR count). The number of rotatable bonds is 6.